The lowest BCUT2D eigenvalue weighted by molar-refractivity contribution is -0.118. The van der Waals surface area contributed by atoms with Crippen molar-refractivity contribution in [1.82, 2.24) is 0 Å². The molecule has 0 saturated carbocycles. The Morgan fingerprint density at radius 3 is 3.00 bits per heavy atom. The number of anilines is 1. The van der Waals surface area contributed by atoms with Gasteiger partial charge in [-0.05, 0) is 37.1 Å². The Morgan fingerprint density at radius 1 is 1.33 bits per heavy atom. The molecule has 0 aliphatic carbocycles. The third kappa shape index (κ3) is 3.51. The first kappa shape index (κ1) is 16.3. The number of aryl methyl sites for hydroxylation is 2. The van der Waals surface area contributed by atoms with E-state index in [4.69, 9.17) is 9.47 Å². The summed E-state index contributed by atoms with van der Waals surface area (Å²) in [7, 11) is 0. The zero-order valence-corrected chi connectivity index (χ0v) is 13.8. The highest BCUT2D eigenvalue weighted by Crippen LogP contribution is 2.37. The van der Waals surface area contributed by atoms with Crippen molar-refractivity contribution < 1.29 is 19.4 Å². The minimum absolute atomic E-state index is 0.0868. The predicted molar refractivity (Wildman–Crippen MR) is 91.6 cm³/mol. The fourth-order valence-corrected chi connectivity index (χ4v) is 2.70. The summed E-state index contributed by atoms with van der Waals surface area (Å²) in [5.41, 5.74) is 3.32. The van der Waals surface area contributed by atoms with Gasteiger partial charge in [-0.15, -0.1) is 0 Å². The molecule has 126 valence electrons. The molecule has 1 unspecified atom stereocenters. The molecular formula is C19H21NO4. The first-order chi connectivity index (χ1) is 11.5. The molecule has 1 atom stereocenters. The number of amides is 1. The minimum Gasteiger partial charge on any atom is -0.491 e. The number of aliphatic hydroxyl groups excluding tert-OH is 1. The zero-order valence-electron chi connectivity index (χ0n) is 13.8. The Hall–Kier alpha value is -2.53. The largest absolute Gasteiger partial charge is 0.491 e. The molecular weight excluding hydrogens is 306 g/mol. The second-order valence-corrected chi connectivity index (χ2v) is 5.98. The zero-order chi connectivity index (χ0) is 17.1. The van der Waals surface area contributed by atoms with Crippen LogP contribution in [0.3, 0.4) is 0 Å². The summed E-state index contributed by atoms with van der Waals surface area (Å²) < 4.78 is 11.2. The van der Waals surface area contributed by atoms with Gasteiger partial charge in [-0.3, -0.25) is 4.79 Å². The van der Waals surface area contributed by atoms with E-state index in [1.165, 1.54) is 0 Å². The Kier molecular flexibility index (Phi) is 4.71. The molecule has 1 aliphatic rings. The van der Waals surface area contributed by atoms with Crippen molar-refractivity contribution in [2.75, 3.05) is 18.5 Å². The Labute approximate surface area is 141 Å². The number of ether oxygens (including phenoxy) is 2. The molecule has 0 radical (unpaired) electrons. The molecule has 1 aliphatic heterocycles. The van der Waals surface area contributed by atoms with Crippen molar-refractivity contribution in [2.24, 2.45) is 0 Å². The van der Waals surface area contributed by atoms with Crippen molar-refractivity contribution in [1.29, 1.82) is 0 Å². The summed E-state index contributed by atoms with van der Waals surface area (Å²) in [5.74, 6) is 0.969. The van der Waals surface area contributed by atoms with Crippen LogP contribution in [0.2, 0.25) is 0 Å². The molecule has 0 bridgehead atoms. The smallest absolute Gasteiger partial charge is 0.262 e. The fraction of sp³-hybridized carbons (Fsp3) is 0.316. The van der Waals surface area contributed by atoms with Gasteiger partial charge < -0.3 is 19.9 Å². The van der Waals surface area contributed by atoms with Crippen molar-refractivity contribution in [3.8, 4) is 11.5 Å². The Bertz CT molecular complexity index is 757. The molecule has 5 nitrogen and oxygen atoms in total. The number of hydrogen-bond acceptors (Lipinski definition) is 4. The maximum Gasteiger partial charge on any atom is 0.262 e. The summed E-state index contributed by atoms with van der Waals surface area (Å²) in [4.78, 5) is 12.2. The van der Waals surface area contributed by atoms with Gasteiger partial charge in [-0.2, -0.15) is 0 Å². The minimum atomic E-state index is -0.559. The Balaban J connectivity index is 1.67. The predicted octanol–water partition coefficient (Wildman–Crippen LogP) is 3.14. The highest BCUT2D eigenvalue weighted by Gasteiger charge is 2.22. The van der Waals surface area contributed by atoms with Gasteiger partial charge in [-0.25, -0.2) is 0 Å². The summed E-state index contributed by atoms with van der Waals surface area (Å²) >= 11 is 0. The number of aliphatic hydroxyl groups is 1. The fourth-order valence-electron chi connectivity index (χ4n) is 2.70. The van der Waals surface area contributed by atoms with E-state index >= 15 is 0 Å². The van der Waals surface area contributed by atoms with Crippen LogP contribution in [0, 0.1) is 13.8 Å². The molecule has 0 spiro atoms. The van der Waals surface area contributed by atoms with Gasteiger partial charge in [0.05, 0.1) is 18.4 Å². The van der Waals surface area contributed by atoms with Crippen LogP contribution < -0.4 is 14.8 Å². The van der Waals surface area contributed by atoms with Gasteiger partial charge in [0.25, 0.3) is 5.91 Å². The average molecular weight is 327 g/mol. The highest BCUT2D eigenvalue weighted by molar-refractivity contribution is 5.93. The van der Waals surface area contributed by atoms with Gasteiger partial charge in [0.1, 0.15) is 11.5 Å². The van der Waals surface area contributed by atoms with E-state index in [1.54, 1.807) is 18.2 Å². The molecule has 1 amide bonds. The van der Waals surface area contributed by atoms with Crippen LogP contribution >= 0.6 is 0 Å². The van der Waals surface area contributed by atoms with Crippen molar-refractivity contribution in [2.45, 2.75) is 26.4 Å². The third-order valence-electron chi connectivity index (χ3n) is 4.02. The standard InChI is InChI=1S/C19H21NO4/c1-12-6-7-13(2)17(10-12)24-11-18(22)20-15-5-3-4-14-16(21)8-9-23-19(14)15/h3-7,10,16,21H,8-9,11H2,1-2H3,(H,20,22). The summed E-state index contributed by atoms with van der Waals surface area (Å²) in [6.45, 7) is 4.26. The van der Waals surface area contributed by atoms with E-state index < -0.39 is 6.10 Å². The van der Waals surface area contributed by atoms with Crippen LogP contribution in [0.15, 0.2) is 36.4 Å². The molecule has 3 rings (SSSR count). The van der Waals surface area contributed by atoms with Gasteiger partial charge in [0.2, 0.25) is 0 Å². The Morgan fingerprint density at radius 2 is 2.17 bits per heavy atom. The number of carbonyl (C=O) groups is 1. The first-order valence-electron chi connectivity index (χ1n) is 7.98. The molecule has 1 heterocycles. The lowest BCUT2D eigenvalue weighted by atomic mass is 10.0. The number of benzene rings is 2. The lowest BCUT2D eigenvalue weighted by Crippen LogP contribution is -2.22. The summed E-state index contributed by atoms with van der Waals surface area (Å²) in [6.07, 6.45) is -0.00282. The van der Waals surface area contributed by atoms with Gasteiger partial charge in [-0.1, -0.05) is 24.3 Å². The molecule has 24 heavy (non-hydrogen) atoms. The van der Waals surface area contributed by atoms with Crippen LogP contribution in [0.5, 0.6) is 11.5 Å². The van der Waals surface area contributed by atoms with E-state index in [2.05, 4.69) is 5.32 Å². The third-order valence-corrected chi connectivity index (χ3v) is 4.02. The number of nitrogens with one attached hydrogen (secondary N) is 1. The maximum absolute atomic E-state index is 12.2. The average Bonchev–Trinajstić information content (AvgIpc) is 2.57. The van der Waals surface area contributed by atoms with Crippen LogP contribution in [0.4, 0.5) is 5.69 Å². The summed E-state index contributed by atoms with van der Waals surface area (Å²) in [6, 6.07) is 11.2. The number of fused-ring (bicyclic) bond motifs is 1. The van der Waals surface area contributed by atoms with Gasteiger partial charge in [0, 0.05) is 12.0 Å². The monoisotopic (exact) mass is 327 g/mol. The van der Waals surface area contributed by atoms with E-state index in [-0.39, 0.29) is 12.5 Å². The first-order valence-corrected chi connectivity index (χ1v) is 7.98. The van der Waals surface area contributed by atoms with Crippen LogP contribution in [-0.2, 0) is 4.79 Å². The van der Waals surface area contributed by atoms with Gasteiger partial charge >= 0.3 is 0 Å². The lowest BCUT2D eigenvalue weighted by Gasteiger charge is -2.24. The van der Waals surface area contributed by atoms with Gasteiger partial charge in [0.15, 0.2) is 6.61 Å². The number of carbonyl (C=O) groups excluding carboxylic acids is 1. The normalized spacial score (nSPS) is 16.0. The van der Waals surface area contributed by atoms with E-state index in [0.717, 1.165) is 11.1 Å². The SMILES string of the molecule is Cc1ccc(C)c(OCC(=O)Nc2cccc3c2OCCC3O)c1. The molecule has 0 fully saturated rings. The second-order valence-electron chi connectivity index (χ2n) is 5.98. The van der Waals surface area contributed by atoms with Crippen LogP contribution in [0.25, 0.3) is 0 Å². The number of hydrogen-bond donors (Lipinski definition) is 2. The molecule has 2 aromatic rings. The van der Waals surface area contributed by atoms with Crippen molar-refractivity contribution in [3.05, 3.63) is 53.1 Å². The molecule has 2 N–H and O–H groups in total. The second kappa shape index (κ2) is 6.93. The van der Waals surface area contributed by atoms with Crippen LogP contribution in [-0.4, -0.2) is 24.2 Å². The number of para-hydroxylation sites is 1. The van der Waals surface area contributed by atoms with Crippen LogP contribution in [0.1, 0.15) is 29.2 Å². The van der Waals surface area contributed by atoms with E-state index in [9.17, 15) is 9.90 Å². The molecule has 2 aromatic carbocycles. The summed E-state index contributed by atoms with van der Waals surface area (Å²) in [5, 5.41) is 12.8. The highest BCUT2D eigenvalue weighted by atomic mass is 16.5. The number of rotatable bonds is 4. The quantitative estimate of drug-likeness (QED) is 0.905. The van der Waals surface area contributed by atoms with Crippen molar-refractivity contribution in [3.63, 3.8) is 0 Å². The van der Waals surface area contributed by atoms with E-state index in [1.807, 2.05) is 32.0 Å². The molecule has 5 heteroatoms. The topological polar surface area (TPSA) is 67.8 Å². The van der Waals surface area contributed by atoms with E-state index in [0.29, 0.717) is 35.8 Å². The van der Waals surface area contributed by atoms with Crippen molar-refractivity contribution >= 4 is 11.6 Å². The molecule has 0 saturated heterocycles. The molecule has 0 aromatic heterocycles. The maximum atomic E-state index is 12.2.